The second-order valence-corrected chi connectivity index (χ2v) is 11.3. The summed E-state index contributed by atoms with van der Waals surface area (Å²) in [7, 11) is 4.87. The number of fused-ring (bicyclic) bond motifs is 1. The van der Waals surface area contributed by atoms with Crippen molar-refractivity contribution in [2.24, 2.45) is 0 Å². The van der Waals surface area contributed by atoms with Gasteiger partial charge in [0.25, 0.3) is 0 Å². The Kier molecular flexibility index (Phi) is 14.0. The average Bonchev–Trinajstić information content (AvgIpc) is 3.05. The van der Waals surface area contributed by atoms with E-state index in [2.05, 4.69) is 11.0 Å². The lowest BCUT2D eigenvalue weighted by molar-refractivity contribution is -0.107. The molecule has 2 heterocycles. The smallest absolute Gasteiger partial charge is 0.407 e. The van der Waals surface area contributed by atoms with E-state index in [9.17, 15) is 15.0 Å². The fourth-order valence-corrected chi connectivity index (χ4v) is 5.77. The predicted molar refractivity (Wildman–Crippen MR) is 168 cm³/mol. The molecular formula is C33H48N2O10. The number of carboxylic acid groups (broad SMARTS) is 1. The van der Waals surface area contributed by atoms with Crippen molar-refractivity contribution in [2.75, 3.05) is 92.0 Å². The number of likely N-dealkylation sites (tertiary alicyclic amines) is 1. The number of piperidine rings is 1. The molecule has 45 heavy (non-hydrogen) atoms. The summed E-state index contributed by atoms with van der Waals surface area (Å²) in [6.07, 6.45) is -1.29. The zero-order valence-electron chi connectivity index (χ0n) is 26.6. The summed E-state index contributed by atoms with van der Waals surface area (Å²) in [5, 5.41) is 20.3. The van der Waals surface area contributed by atoms with Gasteiger partial charge >= 0.3 is 6.09 Å². The highest BCUT2D eigenvalue weighted by molar-refractivity contribution is 5.65. The average molecular weight is 633 g/mol. The second-order valence-electron chi connectivity index (χ2n) is 11.3. The van der Waals surface area contributed by atoms with Crippen LogP contribution in [-0.4, -0.2) is 127 Å². The van der Waals surface area contributed by atoms with E-state index in [1.165, 1.54) is 12.0 Å². The maximum atomic E-state index is 12.2. The normalized spacial score (nSPS) is 20.4. The molecule has 2 aromatic rings. The van der Waals surface area contributed by atoms with Gasteiger partial charge in [0.1, 0.15) is 24.2 Å². The van der Waals surface area contributed by atoms with E-state index in [0.29, 0.717) is 26.4 Å². The van der Waals surface area contributed by atoms with E-state index in [1.807, 2.05) is 36.4 Å². The number of hydrogen-bond donors (Lipinski definition) is 2. The van der Waals surface area contributed by atoms with Crippen LogP contribution in [0.25, 0.3) is 0 Å². The number of nitrogens with zero attached hydrogens (tertiary/aromatic N) is 2. The van der Waals surface area contributed by atoms with Gasteiger partial charge in [0.15, 0.2) is 0 Å². The fourth-order valence-electron chi connectivity index (χ4n) is 5.77. The molecule has 2 aliphatic rings. The Bertz CT molecular complexity index is 1170. The third-order valence-corrected chi connectivity index (χ3v) is 7.98. The van der Waals surface area contributed by atoms with E-state index >= 15 is 0 Å². The van der Waals surface area contributed by atoms with Crippen LogP contribution in [0.2, 0.25) is 0 Å². The minimum atomic E-state index is -1.05. The summed E-state index contributed by atoms with van der Waals surface area (Å²) in [4.78, 5) is 15.8. The van der Waals surface area contributed by atoms with Crippen LogP contribution in [0.3, 0.4) is 0 Å². The van der Waals surface area contributed by atoms with Crippen LogP contribution in [-0.2, 0) is 30.3 Å². The zero-order valence-corrected chi connectivity index (χ0v) is 26.6. The number of rotatable bonds is 18. The number of benzene rings is 2. The van der Waals surface area contributed by atoms with Gasteiger partial charge in [-0.15, -0.1) is 0 Å². The molecule has 12 heteroatoms. The Morgan fingerprint density at radius 2 is 1.67 bits per heavy atom. The topological polar surface area (TPSA) is 129 Å². The van der Waals surface area contributed by atoms with E-state index < -0.39 is 24.4 Å². The summed E-state index contributed by atoms with van der Waals surface area (Å²) >= 11 is 0. The Labute approximate surface area is 265 Å². The van der Waals surface area contributed by atoms with Gasteiger partial charge in [-0.05, 0) is 41.8 Å². The number of methoxy groups -OCH3 is 3. The van der Waals surface area contributed by atoms with Crippen LogP contribution in [0, 0.1) is 0 Å². The first-order valence-electron chi connectivity index (χ1n) is 15.5. The lowest BCUT2D eigenvalue weighted by Gasteiger charge is -2.43. The largest absolute Gasteiger partial charge is 0.494 e. The third-order valence-electron chi connectivity index (χ3n) is 7.98. The molecule has 250 valence electrons. The molecule has 0 aliphatic carbocycles. The van der Waals surface area contributed by atoms with Gasteiger partial charge in [-0.25, -0.2) is 4.79 Å². The fraction of sp³-hybridized carbons (Fsp3) is 0.606. The minimum absolute atomic E-state index is 0.000389. The van der Waals surface area contributed by atoms with Gasteiger partial charge in [-0.3, -0.25) is 0 Å². The third kappa shape index (κ3) is 10.2. The Morgan fingerprint density at radius 1 is 0.933 bits per heavy atom. The van der Waals surface area contributed by atoms with Crippen molar-refractivity contribution >= 4 is 11.8 Å². The molecule has 2 aliphatic heterocycles. The van der Waals surface area contributed by atoms with Gasteiger partial charge in [0, 0.05) is 53.4 Å². The lowest BCUT2D eigenvalue weighted by Crippen LogP contribution is -2.54. The number of aliphatic hydroxyl groups excluding tert-OH is 1. The first-order chi connectivity index (χ1) is 21.9. The number of amides is 1. The van der Waals surface area contributed by atoms with Crippen molar-refractivity contribution in [3.05, 3.63) is 53.6 Å². The van der Waals surface area contributed by atoms with Gasteiger partial charge in [0.2, 0.25) is 0 Å². The van der Waals surface area contributed by atoms with Crippen LogP contribution in [0.15, 0.2) is 42.5 Å². The molecule has 4 atom stereocenters. The highest BCUT2D eigenvalue weighted by Gasteiger charge is 2.41. The second kappa shape index (κ2) is 18.1. The molecule has 4 rings (SSSR count). The number of hydrogen-bond acceptors (Lipinski definition) is 10. The molecule has 1 fully saturated rings. The molecule has 2 N–H and O–H groups in total. The monoisotopic (exact) mass is 632 g/mol. The van der Waals surface area contributed by atoms with Gasteiger partial charge in [-0.2, -0.15) is 0 Å². The molecule has 0 saturated carbocycles. The van der Waals surface area contributed by atoms with E-state index in [1.54, 1.807) is 14.2 Å². The van der Waals surface area contributed by atoms with Crippen molar-refractivity contribution in [2.45, 2.75) is 43.7 Å². The lowest BCUT2D eigenvalue weighted by atomic mass is 9.84. The Morgan fingerprint density at radius 3 is 2.38 bits per heavy atom. The predicted octanol–water partition coefficient (Wildman–Crippen LogP) is 3.39. The molecule has 2 aromatic carbocycles. The van der Waals surface area contributed by atoms with Crippen molar-refractivity contribution in [1.82, 2.24) is 4.90 Å². The van der Waals surface area contributed by atoms with Crippen molar-refractivity contribution in [3.8, 4) is 11.5 Å². The van der Waals surface area contributed by atoms with Crippen LogP contribution in [0.1, 0.15) is 29.9 Å². The van der Waals surface area contributed by atoms with Crippen molar-refractivity contribution in [3.63, 3.8) is 0 Å². The summed E-state index contributed by atoms with van der Waals surface area (Å²) in [6, 6.07) is 13.8. The van der Waals surface area contributed by atoms with Crippen molar-refractivity contribution in [1.29, 1.82) is 0 Å². The zero-order chi connectivity index (χ0) is 32.0. The van der Waals surface area contributed by atoms with E-state index in [4.69, 9.17) is 33.2 Å². The SMILES string of the molecule is COCCCOc1ccc([C@@H]2[C@@H](OCc3ccc4c(c3)N(CCCOC)CCO4)CN(C(=O)O)C[C@H]2OCC(O)COC)cc1. The number of aliphatic hydroxyl groups is 1. The molecular weight excluding hydrogens is 584 g/mol. The Hall–Kier alpha value is -3.13. The molecule has 1 unspecified atom stereocenters. The molecule has 0 spiro atoms. The van der Waals surface area contributed by atoms with Crippen LogP contribution in [0.5, 0.6) is 11.5 Å². The van der Waals surface area contributed by atoms with Crippen molar-refractivity contribution < 1.29 is 48.2 Å². The summed E-state index contributed by atoms with van der Waals surface area (Å²) in [6.45, 7) is 4.81. The maximum Gasteiger partial charge on any atom is 0.407 e. The highest BCUT2D eigenvalue weighted by atomic mass is 16.5. The molecule has 0 bridgehead atoms. The van der Waals surface area contributed by atoms with Crippen LogP contribution < -0.4 is 14.4 Å². The molecule has 1 amide bonds. The standard InChI is InChI=1S/C33H48N2O10/c1-39-14-4-12-34-13-17-43-29-11-6-24(18-28(29)34)21-44-30-19-35(33(37)38)20-31(45-23-26(36)22-41-3)32(30)25-7-9-27(10-8-25)42-16-5-15-40-2/h6-11,18,26,30-32,36H,4-5,12-17,19-23H2,1-3H3,(H,37,38)/t26?,30-,31+,32+/m0/s1. The van der Waals surface area contributed by atoms with E-state index in [-0.39, 0.29) is 38.8 Å². The minimum Gasteiger partial charge on any atom is -0.494 e. The molecule has 0 aromatic heterocycles. The molecule has 12 nitrogen and oxygen atoms in total. The molecule has 1 saturated heterocycles. The number of anilines is 1. The van der Waals surface area contributed by atoms with Gasteiger partial charge < -0.3 is 53.2 Å². The van der Waals surface area contributed by atoms with E-state index in [0.717, 1.165) is 54.2 Å². The Balaban J connectivity index is 1.54. The number of carbonyl (C=O) groups is 1. The summed E-state index contributed by atoms with van der Waals surface area (Å²) < 4.78 is 39.9. The quantitative estimate of drug-likeness (QED) is 0.235. The highest BCUT2D eigenvalue weighted by Crippen LogP contribution is 2.36. The first kappa shape index (κ1) is 34.7. The molecule has 0 radical (unpaired) electrons. The van der Waals surface area contributed by atoms with Gasteiger partial charge in [0.05, 0.1) is 64.0 Å². The maximum absolute atomic E-state index is 12.2. The van der Waals surface area contributed by atoms with Crippen LogP contribution in [0.4, 0.5) is 10.5 Å². The van der Waals surface area contributed by atoms with Gasteiger partial charge in [-0.1, -0.05) is 18.2 Å². The summed E-state index contributed by atoms with van der Waals surface area (Å²) in [5.74, 6) is 1.27. The first-order valence-corrected chi connectivity index (χ1v) is 15.5. The van der Waals surface area contributed by atoms with Crippen LogP contribution >= 0.6 is 0 Å². The summed E-state index contributed by atoms with van der Waals surface area (Å²) in [5.41, 5.74) is 2.90. The number of ether oxygens (including phenoxy) is 7.